The minimum atomic E-state index is 0.362. The minimum absolute atomic E-state index is 0.362. The van der Waals surface area contributed by atoms with Crippen molar-refractivity contribution in [3.05, 3.63) is 16.3 Å². The average molecular weight is 321 g/mol. The van der Waals surface area contributed by atoms with Crippen LogP contribution in [0.1, 0.15) is 30.1 Å². The van der Waals surface area contributed by atoms with Crippen molar-refractivity contribution in [2.24, 2.45) is 0 Å². The van der Waals surface area contributed by atoms with E-state index in [2.05, 4.69) is 33.0 Å². The van der Waals surface area contributed by atoms with Gasteiger partial charge in [0.15, 0.2) is 5.82 Å². The monoisotopic (exact) mass is 321 g/mol. The third-order valence-corrected chi connectivity index (χ3v) is 5.21. The number of quaternary nitrogens is 1. The number of aromatic nitrogens is 2. The molecule has 3 rings (SSSR count). The molecule has 0 spiro atoms. The van der Waals surface area contributed by atoms with Crippen LogP contribution in [0.5, 0.6) is 0 Å². The highest BCUT2D eigenvalue weighted by molar-refractivity contribution is 7.18. The summed E-state index contributed by atoms with van der Waals surface area (Å²) in [5.74, 6) is 1.93. The molecule has 0 amide bonds. The molecule has 1 aliphatic rings. The van der Waals surface area contributed by atoms with E-state index in [-0.39, 0.29) is 0 Å². The summed E-state index contributed by atoms with van der Waals surface area (Å²) >= 11 is 1.77. The lowest BCUT2D eigenvalue weighted by Crippen LogP contribution is -3.12. The fraction of sp³-hybridized carbons (Fsp3) is 0.625. The Labute approximate surface area is 135 Å². The number of hydrogen-bond acceptors (Lipinski definition) is 5. The van der Waals surface area contributed by atoms with Gasteiger partial charge in [0.05, 0.1) is 18.6 Å². The third kappa shape index (κ3) is 3.24. The molecule has 6 heteroatoms. The lowest BCUT2D eigenvalue weighted by atomic mass is 10.2. The topological polar surface area (TPSA) is 51.5 Å². The number of nitrogens with one attached hydrogen (secondary N) is 2. The lowest BCUT2D eigenvalue weighted by molar-refractivity contribution is -0.922. The molecule has 22 heavy (non-hydrogen) atoms. The molecule has 0 radical (unpaired) electrons. The molecule has 0 bridgehead atoms. The van der Waals surface area contributed by atoms with Crippen LogP contribution in [0.3, 0.4) is 0 Å². The number of hydrogen-bond donors (Lipinski definition) is 2. The summed E-state index contributed by atoms with van der Waals surface area (Å²) in [5, 5.41) is 4.69. The molecule has 1 aliphatic heterocycles. The second-order valence-electron chi connectivity index (χ2n) is 6.29. The molecular weight excluding hydrogens is 296 g/mol. The first-order chi connectivity index (χ1) is 10.5. The van der Waals surface area contributed by atoms with Crippen molar-refractivity contribution < 1.29 is 9.64 Å². The summed E-state index contributed by atoms with van der Waals surface area (Å²) in [4.78, 5) is 13.6. The molecule has 2 N–H and O–H groups in total. The van der Waals surface area contributed by atoms with Crippen LogP contribution in [0.15, 0.2) is 0 Å². The molecular formula is C16H25N4OS+. The van der Waals surface area contributed by atoms with Gasteiger partial charge in [-0.2, -0.15) is 0 Å². The van der Waals surface area contributed by atoms with Gasteiger partial charge in [-0.25, -0.2) is 9.97 Å². The van der Waals surface area contributed by atoms with Crippen LogP contribution in [-0.2, 0) is 11.3 Å². The van der Waals surface area contributed by atoms with Gasteiger partial charge in [-0.1, -0.05) is 0 Å². The summed E-state index contributed by atoms with van der Waals surface area (Å²) in [6.07, 6.45) is 0. The number of rotatable bonds is 4. The van der Waals surface area contributed by atoms with Crippen LogP contribution in [0, 0.1) is 13.8 Å². The Kier molecular flexibility index (Phi) is 4.61. The highest BCUT2D eigenvalue weighted by Crippen LogP contribution is 2.33. The van der Waals surface area contributed by atoms with Crippen LogP contribution in [0.4, 0.5) is 5.82 Å². The number of morpholine rings is 1. The van der Waals surface area contributed by atoms with Crippen molar-refractivity contribution >= 4 is 27.4 Å². The molecule has 0 aliphatic carbocycles. The highest BCUT2D eigenvalue weighted by Gasteiger charge is 2.19. The quantitative estimate of drug-likeness (QED) is 0.897. The maximum absolute atomic E-state index is 5.43. The van der Waals surface area contributed by atoms with E-state index >= 15 is 0 Å². The average Bonchev–Trinajstić information content (AvgIpc) is 2.74. The molecule has 0 saturated carbocycles. The molecule has 1 fully saturated rings. The van der Waals surface area contributed by atoms with Gasteiger partial charge in [0.1, 0.15) is 30.3 Å². The fourth-order valence-corrected chi connectivity index (χ4v) is 3.86. The maximum Gasteiger partial charge on any atom is 0.187 e. The summed E-state index contributed by atoms with van der Waals surface area (Å²) in [6.45, 7) is 13.3. The van der Waals surface area contributed by atoms with Crippen LogP contribution < -0.4 is 10.2 Å². The first kappa shape index (κ1) is 15.6. The van der Waals surface area contributed by atoms with E-state index in [4.69, 9.17) is 14.7 Å². The van der Waals surface area contributed by atoms with Gasteiger partial charge in [0.25, 0.3) is 0 Å². The zero-order valence-corrected chi connectivity index (χ0v) is 14.6. The maximum atomic E-state index is 5.43. The zero-order valence-electron chi connectivity index (χ0n) is 13.8. The Bertz CT molecular complexity index is 662. The number of thiophene rings is 1. The number of nitrogens with zero attached hydrogens (tertiary/aromatic N) is 2. The molecule has 0 unspecified atom stereocenters. The minimum Gasteiger partial charge on any atom is -0.370 e. The van der Waals surface area contributed by atoms with Gasteiger partial charge in [-0.05, 0) is 33.3 Å². The van der Waals surface area contributed by atoms with Gasteiger partial charge >= 0.3 is 0 Å². The Morgan fingerprint density at radius 3 is 2.64 bits per heavy atom. The first-order valence-electron chi connectivity index (χ1n) is 7.99. The van der Waals surface area contributed by atoms with Crippen molar-refractivity contribution in [2.75, 3.05) is 31.6 Å². The Morgan fingerprint density at radius 1 is 1.23 bits per heavy atom. The van der Waals surface area contributed by atoms with Crippen molar-refractivity contribution in [1.82, 2.24) is 9.97 Å². The van der Waals surface area contributed by atoms with Crippen LogP contribution >= 0.6 is 11.3 Å². The molecule has 120 valence electrons. The highest BCUT2D eigenvalue weighted by atomic mass is 32.1. The number of aryl methyl sites for hydroxylation is 2. The van der Waals surface area contributed by atoms with Crippen LogP contribution in [-0.4, -0.2) is 42.3 Å². The van der Waals surface area contributed by atoms with Gasteiger partial charge in [-0.15, -0.1) is 11.3 Å². The molecule has 3 heterocycles. The largest absolute Gasteiger partial charge is 0.370 e. The molecule has 2 aromatic heterocycles. The predicted molar refractivity (Wildman–Crippen MR) is 90.9 cm³/mol. The SMILES string of the molecule is Cc1sc2nc(C[NH+]3CCOCC3)nc(NC(C)C)c2c1C. The van der Waals surface area contributed by atoms with Gasteiger partial charge in [-0.3, -0.25) is 0 Å². The van der Waals surface area contributed by atoms with Crippen molar-refractivity contribution in [1.29, 1.82) is 0 Å². The van der Waals surface area contributed by atoms with E-state index in [0.717, 1.165) is 49.3 Å². The summed E-state index contributed by atoms with van der Waals surface area (Å²) in [7, 11) is 0. The van der Waals surface area contributed by atoms with E-state index < -0.39 is 0 Å². The van der Waals surface area contributed by atoms with Crippen molar-refractivity contribution in [3.63, 3.8) is 0 Å². The van der Waals surface area contributed by atoms with Crippen molar-refractivity contribution in [3.8, 4) is 0 Å². The molecule has 2 aromatic rings. The summed E-state index contributed by atoms with van der Waals surface area (Å²) in [6, 6.07) is 0.362. The van der Waals surface area contributed by atoms with E-state index in [9.17, 15) is 0 Å². The van der Waals surface area contributed by atoms with E-state index in [1.165, 1.54) is 20.7 Å². The summed E-state index contributed by atoms with van der Waals surface area (Å²) in [5.41, 5.74) is 1.30. The number of ether oxygens (including phenoxy) is 1. The number of anilines is 1. The Morgan fingerprint density at radius 2 is 1.95 bits per heavy atom. The Hall–Kier alpha value is -1.24. The van der Waals surface area contributed by atoms with Gasteiger partial charge in [0.2, 0.25) is 0 Å². The van der Waals surface area contributed by atoms with Crippen molar-refractivity contribution in [2.45, 2.75) is 40.3 Å². The predicted octanol–water partition coefficient (Wildman–Crippen LogP) is 1.54. The Balaban J connectivity index is 1.96. The molecule has 0 aromatic carbocycles. The number of fused-ring (bicyclic) bond motifs is 1. The van der Waals surface area contributed by atoms with E-state index in [1.807, 2.05) is 0 Å². The second-order valence-corrected chi connectivity index (χ2v) is 7.49. The molecule has 0 atom stereocenters. The summed E-state index contributed by atoms with van der Waals surface area (Å²) < 4.78 is 5.43. The second kappa shape index (κ2) is 6.48. The van der Waals surface area contributed by atoms with Crippen LogP contribution in [0.2, 0.25) is 0 Å². The van der Waals surface area contributed by atoms with Crippen LogP contribution in [0.25, 0.3) is 10.2 Å². The standard InChI is InChI=1S/C16H24N4OS/c1-10(2)17-15-14-11(3)12(4)22-16(14)19-13(18-15)9-20-5-7-21-8-6-20/h10H,5-9H2,1-4H3,(H,17,18,19)/p+1. The van der Waals surface area contributed by atoms with Gasteiger partial charge in [0, 0.05) is 10.9 Å². The smallest absolute Gasteiger partial charge is 0.187 e. The van der Waals surface area contributed by atoms with Gasteiger partial charge < -0.3 is 15.0 Å². The molecule has 5 nitrogen and oxygen atoms in total. The third-order valence-electron chi connectivity index (χ3n) is 4.11. The normalized spacial score (nSPS) is 16.6. The molecule has 1 saturated heterocycles. The van der Waals surface area contributed by atoms with E-state index in [0.29, 0.717) is 6.04 Å². The fourth-order valence-electron chi connectivity index (χ4n) is 2.81. The first-order valence-corrected chi connectivity index (χ1v) is 8.80. The zero-order chi connectivity index (χ0) is 15.7. The van der Waals surface area contributed by atoms with E-state index in [1.54, 1.807) is 11.3 Å². The lowest BCUT2D eigenvalue weighted by Gasteiger charge is -2.23.